The number of hydrogen-bond acceptors (Lipinski definition) is 5. The highest BCUT2D eigenvalue weighted by Crippen LogP contribution is 2.21. The molecule has 0 bridgehead atoms. The summed E-state index contributed by atoms with van der Waals surface area (Å²) < 4.78 is 7.19. The van der Waals surface area contributed by atoms with Crippen molar-refractivity contribution in [3.05, 3.63) is 12.2 Å². The van der Waals surface area contributed by atoms with E-state index in [1.54, 1.807) is 11.7 Å². The highest BCUT2D eigenvalue weighted by atomic mass is 127. The number of aryl methyl sites for hydroxylation is 1. The molecule has 142 valence electrons. The maximum absolute atomic E-state index is 11.8. The molecule has 1 fully saturated rings. The van der Waals surface area contributed by atoms with E-state index in [1.165, 1.54) is 19.2 Å². The van der Waals surface area contributed by atoms with Crippen molar-refractivity contribution in [3.63, 3.8) is 0 Å². The summed E-state index contributed by atoms with van der Waals surface area (Å²) in [6, 6.07) is 0. The average molecular weight is 464 g/mol. The van der Waals surface area contributed by atoms with E-state index in [2.05, 4.69) is 20.4 Å². The topological polar surface area (TPSA) is 84.6 Å². The molecule has 1 aromatic heterocycles. The minimum absolute atomic E-state index is 0. The van der Waals surface area contributed by atoms with E-state index in [4.69, 9.17) is 4.74 Å². The number of ether oxygens (including phenoxy) is 1. The van der Waals surface area contributed by atoms with Crippen LogP contribution < -0.4 is 5.32 Å². The van der Waals surface area contributed by atoms with Crippen LogP contribution in [0.3, 0.4) is 0 Å². The molecular weight excluding hydrogens is 435 g/mol. The summed E-state index contributed by atoms with van der Waals surface area (Å²) in [5, 5.41) is 7.32. The molecule has 1 aromatic rings. The lowest BCUT2D eigenvalue weighted by Gasteiger charge is -2.21. The van der Waals surface area contributed by atoms with Crippen molar-refractivity contribution in [2.75, 3.05) is 20.6 Å². The molecule has 1 aliphatic rings. The Labute approximate surface area is 166 Å². The first kappa shape index (κ1) is 21.7. The molecular formula is C16H29IN6O2. The minimum Gasteiger partial charge on any atom is -0.462 e. The van der Waals surface area contributed by atoms with Crippen LogP contribution in [-0.4, -0.2) is 58.3 Å². The van der Waals surface area contributed by atoms with Crippen LogP contribution in [0, 0.1) is 0 Å². The van der Waals surface area contributed by atoms with Crippen LogP contribution >= 0.6 is 24.0 Å². The lowest BCUT2D eigenvalue weighted by molar-refractivity contribution is -0.148. The first-order chi connectivity index (χ1) is 11.6. The van der Waals surface area contributed by atoms with Crippen molar-refractivity contribution in [2.45, 2.75) is 51.2 Å². The smallest absolute Gasteiger partial charge is 0.306 e. The molecule has 0 unspecified atom stereocenters. The van der Waals surface area contributed by atoms with Gasteiger partial charge < -0.3 is 15.0 Å². The Morgan fingerprint density at radius 1 is 1.48 bits per heavy atom. The van der Waals surface area contributed by atoms with E-state index in [1.807, 2.05) is 19.0 Å². The third kappa shape index (κ3) is 7.17. The summed E-state index contributed by atoms with van der Waals surface area (Å²) in [6.45, 7) is 1.29. The molecule has 0 aromatic carbocycles. The first-order valence-corrected chi connectivity index (χ1v) is 8.54. The van der Waals surface area contributed by atoms with Crippen LogP contribution in [0.4, 0.5) is 0 Å². The molecule has 0 spiro atoms. The molecule has 0 saturated heterocycles. The fraction of sp³-hybridized carbons (Fsp3) is 0.750. The summed E-state index contributed by atoms with van der Waals surface area (Å²) in [7, 11) is 5.55. The summed E-state index contributed by atoms with van der Waals surface area (Å²) >= 11 is 0. The average Bonchev–Trinajstić information content (AvgIpc) is 3.20. The van der Waals surface area contributed by atoms with E-state index in [-0.39, 0.29) is 36.0 Å². The highest BCUT2D eigenvalue weighted by Gasteiger charge is 2.18. The third-order valence-electron chi connectivity index (χ3n) is 4.20. The van der Waals surface area contributed by atoms with Gasteiger partial charge in [-0.3, -0.25) is 14.5 Å². The van der Waals surface area contributed by atoms with Gasteiger partial charge in [0.1, 0.15) is 18.3 Å². The molecule has 1 aliphatic carbocycles. The van der Waals surface area contributed by atoms with Gasteiger partial charge in [-0.15, -0.1) is 24.0 Å². The van der Waals surface area contributed by atoms with Crippen molar-refractivity contribution >= 4 is 35.9 Å². The quantitative estimate of drug-likeness (QED) is 0.218. The molecule has 2 rings (SSSR count). The number of esters is 1. The van der Waals surface area contributed by atoms with E-state index in [0.717, 1.165) is 31.0 Å². The number of nitrogens with one attached hydrogen (secondary N) is 1. The number of carbonyl (C=O) groups is 1. The van der Waals surface area contributed by atoms with Gasteiger partial charge in [0.05, 0.1) is 6.54 Å². The molecule has 1 heterocycles. The number of aromatic nitrogens is 3. The Balaban J connectivity index is 0.00000312. The predicted octanol–water partition coefficient (Wildman–Crippen LogP) is 1.71. The lowest BCUT2D eigenvalue weighted by Crippen LogP contribution is -2.39. The van der Waals surface area contributed by atoms with E-state index < -0.39 is 0 Å². The highest BCUT2D eigenvalue weighted by molar-refractivity contribution is 14.0. The van der Waals surface area contributed by atoms with Gasteiger partial charge in [0, 0.05) is 34.1 Å². The number of rotatable bonds is 7. The van der Waals surface area contributed by atoms with Crippen molar-refractivity contribution in [2.24, 2.45) is 12.0 Å². The van der Waals surface area contributed by atoms with Gasteiger partial charge in [-0.05, 0) is 32.1 Å². The monoisotopic (exact) mass is 464 g/mol. The second kappa shape index (κ2) is 11.3. The molecule has 0 amide bonds. The number of hydrogen-bond donors (Lipinski definition) is 1. The molecule has 1 saturated carbocycles. The third-order valence-corrected chi connectivity index (χ3v) is 4.20. The Hall–Kier alpha value is -1.39. The normalized spacial score (nSPS) is 14.9. The lowest BCUT2D eigenvalue weighted by atomic mass is 10.3. The number of nitrogens with zero attached hydrogens (tertiary/aromatic N) is 5. The summed E-state index contributed by atoms with van der Waals surface area (Å²) in [4.78, 5) is 22.2. The number of carbonyl (C=O) groups excluding carboxylic acids is 1. The van der Waals surface area contributed by atoms with Gasteiger partial charge in [-0.1, -0.05) is 0 Å². The van der Waals surface area contributed by atoms with Crippen LogP contribution in [0.5, 0.6) is 0 Å². The Kier molecular flexibility index (Phi) is 9.76. The van der Waals surface area contributed by atoms with E-state index in [0.29, 0.717) is 19.5 Å². The Bertz CT molecular complexity index is 557. The van der Waals surface area contributed by atoms with Gasteiger partial charge in [0.25, 0.3) is 0 Å². The second-order valence-corrected chi connectivity index (χ2v) is 6.13. The summed E-state index contributed by atoms with van der Waals surface area (Å²) in [5.74, 6) is 1.54. The molecule has 0 atom stereocenters. The van der Waals surface area contributed by atoms with Crippen LogP contribution in [0.2, 0.25) is 0 Å². The maximum Gasteiger partial charge on any atom is 0.306 e. The molecule has 25 heavy (non-hydrogen) atoms. The zero-order chi connectivity index (χ0) is 17.4. The van der Waals surface area contributed by atoms with Gasteiger partial charge in [0.15, 0.2) is 5.96 Å². The zero-order valence-corrected chi connectivity index (χ0v) is 17.6. The van der Waals surface area contributed by atoms with Crippen molar-refractivity contribution < 1.29 is 9.53 Å². The fourth-order valence-corrected chi connectivity index (χ4v) is 2.82. The minimum atomic E-state index is -0.0915. The Morgan fingerprint density at radius 2 is 2.20 bits per heavy atom. The van der Waals surface area contributed by atoms with E-state index in [9.17, 15) is 4.79 Å². The van der Waals surface area contributed by atoms with Crippen LogP contribution in [-0.2, 0) is 23.1 Å². The predicted molar refractivity (Wildman–Crippen MR) is 107 cm³/mol. The van der Waals surface area contributed by atoms with Crippen LogP contribution in [0.1, 0.15) is 44.3 Å². The van der Waals surface area contributed by atoms with Gasteiger partial charge in [-0.25, -0.2) is 4.98 Å². The largest absolute Gasteiger partial charge is 0.462 e. The van der Waals surface area contributed by atoms with Crippen LogP contribution in [0.15, 0.2) is 11.3 Å². The molecule has 0 aliphatic heterocycles. The standard InChI is InChI=1S/C16H28N6O2.HI/c1-17-16(21(2)11-14-19-12-20-22(14)3)18-10-6-9-15(23)24-13-7-4-5-8-13;/h12-13H,4-11H2,1-3H3,(H,17,18);1H. The zero-order valence-electron chi connectivity index (χ0n) is 15.3. The fourth-order valence-electron chi connectivity index (χ4n) is 2.82. The molecule has 8 nitrogen and oxygen atoms in total. The maximum atomic E-state index is 11.8. The van der Waals surface area contributed by atoms with Gasteiger partial charge >= 0.3 is 5.97 Å². The Morgan fingerprint density at radius 3 is 2.80 bits per heavy atom. The number of aliphatic imine (C=N–C) groups is 1. The van der Waals surface area contributed by atoms with Crippen molar-refractivity contribution in [1.29, 1.82) is 0 Å². The second-order valence-electron chi connectivity index (χ2n) is 6.13. The van der Waals surface area contributed by atoms with Gasteiger partial charge in [0.2, 0.25) is 0 Å². The summed E-state index contributed by atoms with van der Waals surface area (Å²) in [6.07, 6.45) is 7.23. The molecule has 9 heteroatoms. The number of guanidine groups is 1. The van der Waals surface area contributed by atoms with Crippen molar-refractivity contribution in [3.8, 4) is 0 Å². The van der Waals surface area contributed by atoms with Gasteiger partial charge in [-0.2, -0.15) is 5.10 Å². The molecule has 0 radical (unpaired) electrons. The van der Waals surface area contributed by atoms with Crippen LogP contribution in [0.25, 0.3) is 0 Å². The first-order valence-electron chi connectivity index (χ1n) is 8.54. The molecule has 1 N–H and O–H groups in total. The number of halogens is 1. The van der Waals surface area contributed by atoms with Crippen molar-refractivity contribution in [1.82, 2.24) is 25.0 Å². The SMILES string of the molecule is CN=C(NCCCC(=O)OC1CCCC1)N(C)Cc1ncnn1C.I. The van der Waals surface area contributed by atoms with E-state index >= 15 is 0 Å². The summed E-state index contributed by atoms with van der Waals surface area (Å²) in [5.41, 5.74) is 0.